The van der Waals surface area contributed by atoms with Crippen molar-refractivity contribution in [2.45, 2.75) is 25.4 Å². The third-order valence-electron chi connectivity index (χ3n) is 3.90. The number of fused-ring (bicyclic) bond motifs is 1. The summed E-state index contributed by atoms with van der Waals surface area (Å²) in [6.45, 7) is 4.38. The van der Waals surface area contributed by atoms with Gasteiger partial charge in [0.1, 0.15) is 0 Å². The molecule has 1 saturated carbocycles. The summed E-state index contributed by atoms with van der Waals surface area (Å²) in [5, 5.41) is 3.44. The molecule has 0 amide bonds. The fraction of sp³-hybridized carbons (Fsp3) is 0.625. The summed E-state index contributed by atoms with van der Waals surface area (Å²) in [4.78, 5) is 0. The minimum Gasteiger partial charge on any atom is -0.380 e. The summed E-state index contributed by atoms with van der Waals surface area (Å²) >= 11 is 0. The molecule has 1 fully saturated rings. The van der Waals surface area contributed by atoms with E-state index in [-0.39, 0.29) is 6.10 Å². The predicted molar refractivity (Wildman–Crippen MR) is 75.3 cm³/mol. The molecule has 0 aromatic heterocycles. The van der Waals surface area contributed by atoms with E-state index in [4.69, 9.17) is 9.47 Å². The van der Waals surface area contributed by atoms with Gasteiger partial charge in [-0.25, -0.2) is 0 Å². The molecule has 0 radical (unpaired) electrons. The van der Waals surface area contributed by atoms with Crippen molar-refractivity contribution in [2.75, 3.05) is 32.9 Å². The lowest BCUT2D eigenvalue weighted by Crippen LogP contribution is -2.29. The first-order valence-electron chi connectivity index (χ1n) is 7.41. The highest BCUT2D eigenvalue weighted by atomic mass is 16.5. The third-order valence-corrected chi connectivity index (χ3v) is 3.90. The zero-order valence-corrected chi connectivity index (χ0v) is 11.4. The number of ether oxygens (including phenoxy) is 2. The largest absolute Gasteiger partial charge is 0.380 e. The Morgan fingerprint density at radius 3 is 3.05 bits per heavy atom. The molecule has 0 bridgehead atoms. The molecule has 1 N–H and O–H groups in total. The van der Waals surface area contributed by atoms with E-state index in [0.717, 1.165) is 45.2 Å². The molecule has 1 heterocycles. The van der Waals surface area contributed by atoms with Gasteiger partial charge in [-0.3, -0.25) is 0 Å². The number of nitrogens with one attached hydrogen (secondary N) is 1. The summed E-state index contributed by atoms with van der Waals surface area (Å²) in [5.41, 5.74) is 2.78. The van der Waals surface area contributed by atoms with Gasteiger partial charge in [-0.05, 0) is 36.3 Å². The van der Waals surface area contributed by atoms with Crippen molar-refractivity contribution in [2.24, 2.45) is 5.92 Å². The maximum absolute atomic E-state index is 5.86. The van der Waals surface area contributed by atoms with Gasteiger partial charge in [0.05, 0.1) is 19.3 Å². The van der Waals surface area contributed by atoms with Gasteiger partial charge in [0, 0.05) is 19.7 Å². The molecule has 3 heteroatoms. The lowest BCUT2D eigenvalue weighted by atomic mass is 9.97. The highest BCUT2D eigenvalue weighted by molar-refractivity contribution is 5.31. The maximum atomic E-state index is 5.86. The van der Waals surface area contributed by atoms with Crippen LogP contribution in [0, 0.1) is 5.92 Å². The predicted octanol–water partition coefficient (Wildman–Crippen LogP) is 2.32. The summed E-state index contributed by atoms with van der Waals surface area (Å²) < 4.78 is 11.5. The average molecular weight is 261 g/mol. The Kier molecular flexibility index (Phi) is 4.49. The summed E-state index contributed by atoms with van der Waals surface area (Å²) in [6.07, 6.45) is 3.96. The number of hydrogen-bond donors (Lipinski definition) is 1. The Balaban J connectivity index is 1.38. The Morgan fingerprint density at radius 2 is 2.16 bits per heavy atom. The molecular weight excluding hydrogens is 238 g/mol. The van der Waals surface area contributed by atoms with E-state index in [0.29, 0.717) is 0 Å². The molecule has 1 aliphatic heterocycles. The Labute approximate surface area is 115 Å². The standard InChI is InChI=1S/C16H23NO2/c1-2-4-15-14(3-1)7-9-19-16(15)11-17-8-10-18-12-13-5-6-13/h1-4,13,16-17H,5-12H2. The molecule has 104 valence electrons. The first kappa shape index (κ1) is 13.1. The van der Waals surface area contributed by atoms with Gasteiger partial charge in [-0.15, -0.1) is 0 Å². The van der Waals surface area contributed by atoms with E-state index in [1.54, 1.807) is 0 Å². The molecule has 1 aromatic carbocycles. The first-order chi connectivity index (χ1) is 9.43. The van der Waals surface area contributed by atoms with Crippen LogP contribution in [0.2, 0.25) is 0 Å². The van der Waals surface area contributed by atoms with Crippen molar-refractivity contribution >= 4 is 0 Å². The minimum absolute atomic E-state index is 0.202. The van der Waals surface area contributed by atoms with Crippen LogP contribution in [0.5, 0.6) is 0 Å². The quantitative estimate of drug-likeness (QED) is 0.764. The van der Waals surface area contributed by atoms with Gasteiger partial charge in [0.15, 0.2) is 0 Å². The second-order valence-corrected chi connectivity index (χ2v) is 5.53. The van der Waals surface area contributed by atoms with Gasteiger partial charge < -0.3 is 14.8 Å². The third kappa shape index (κ3) is 3.78. The van der Waals surface area contributed by atoms with Gasteiger partial charge in [-0.2, -0.15) is 0 Å². The highest BCUT2D eigenvalue weighted by Gasteiger charge is 2.21. The van der Waals surface area contributed by atoms with E-state index >= 15 is 0 Å². The van der Waals surface area contributed by atoms with Crippen LogP contribution >= 0.6 is 0 Å². The van der Waals surface area contributed by atoms with E-state index < -0.39 is 0 Å². The maximum Gasteiger partial charge on any atom is 0.0952 e. The average Bonchev–Trinajstić information content (AvgIpc) is 3.27. The lowest BCUT2D eigenvalue weighted by molar-refractivity contribution is 0.0404. The highest BCUT2D eigenvalue weighted by Crippen LogP contribution is 2.28. The van der Waals surface area contributed by atoms with E-state index in [9.17, 15) is 0 Å². The van der Waals surface area contributed by atoms with Crippen molar-refractivity contribution < 1.29 is 9.47 Å². The lowest BCUT2D eigenvalue weighted by Gasteiger charge is -2.26. The van der Waals surface area contributed by atoms with Crippen molar-refractivity contribution in [3.8, 4) is 0 Å². The van der Waals surface area contributed by atoms with Crippen LogP contribution in [0.3, 0.4) is 0 Å². The van der Waals surface area contributed by atoms with E-state index in [1.165, 1.54) is 24.0 Å². The molecule has 0 saturated heterocycles. The summed E-state index contributed by atoms with van der Waals surface area (Å²) in [7, 11) is 0. The molecule has 3 rings (SSSR count). The van der Waals surface area contributed by atoms with Crippen molar-refractivity contribution in [3.05, 3.63) is 35.4 Å². The topological polar surface area (TPSA) is 30.5 Å². The zero-order chi connectivity index (χ0) is 12.9. The van der Waals surface area contributed by atoms with Gasteiger partial charge in [-0.1, -0.05) is 24.3 Å². The number of benzene rings is 1. The van der Waals surface area contributed by atoms with Crippen LogP contribution in [-0.2, 0) is 15.9 Å². The van der Waals surface area contributed by atoms with Gasteiger partial charge in [0.25, 0.3) is 0 Å². The second kappa shape index (κ2) is 6.51. The fourth-order valence-electron chi connectivity index (χ4n) is 2.56. The smallest absolute Gasteiger partial charge is 0.0952 e. The molecule has 19 heavy (non-hydrogen) atoms. The Hall–Kier alpha value is -0.900. The van der Waals surface area contributed by atoms with Crippen LogP contribution in [0.25, 0.3) is 0 Å². The zero-order valence-electron chi connectivity index (χ0n) is 11.4. The van der Waals surface area contributed by atoms with Gasteiger partial charge in [0.2, 0.25) is 0 Å². The van der Waals surface area contributed by atoms with Crippen molar-refractivity contribution in [1.29, 1.82) is 0 Å². The second-order valence-electron chi connectivity index (χ2n) is 5.53. The Morgan fingerprint density at radius 1 is 1.26 bits per heavy atom. The van der Waals surface area contributed by atoms with E-state index in [2.05, 4.69) is 29.6 Å². The van der Waals surface area contributed by atoms with Crippen molar-refractivity contribution in [3.63, 3.8) is 0 Å². The number of hydrogen-bond acceptors (Lipinski definition) is 3. The Bertz CT molecular complexity index is 403. The molecule has 1 unspecified atom stereocenters. The molecule has 0 spiro atoms. The van der Waals surface area contributed by atoms with Crippen LogP contribution in [-0.4, -0.2) is 32.9 Å². The van der Waals surface area contributed by atoms with Crippen LogP contribution < -0.4 is 5.32 Å². The monoisotopic (exact) mass is 261 g/mol. The molecule has 3 nitrogen and oxygen atoms in total. The van der Waals surface area contributed by atoms with Gasteiger partial charge >= 0.3 is 0 Å². The molecule has 1 aromatic rings. The minimum atomic E-state index is 0.202. The number of rotatable bonds is 7. The molecular formula is C16H23NO2. The summed E-state index contributed by atoms with van der Waals surface area (Å²) in [6, 6.07) is 8.60. The normalized spacial score (nSPS) is 22.2. The molecule has 2 aliphatic rings. The SMILES string of the molecule is c1ccc2c(c1)CCOC2CNCCOCC1CC1. The van der Waals surface area contributed by atoms with Crippen LogP contribution in [0.15, 0.2) is 24.3 Å². The fourth-order valence-corrected chi connectivity index (χ4v) is 2.56. The van der Waals surface area contributed by atoms with Crippen LogP contribution in [0.4, 0.5) is 0 Å². The molecule has 1 atom stereocenters. The molecule has 1 aliphatic carbocycles. The first-order valence-corrected chi connectivity index (χ1v) is 7.41. The summed E-state index contributed by atoms with van der Waals surface area (Å²) in [5.74, 6) is 0.855. The van der Waals surface area contributed by atoms with Crippen molar-refractivity contribution in [1.82, 2.24) is 5.32 Å². The van der Waals surface area contributed by atoms with E-state index in [1.807, 2.05) is 0 Å². The van der Waals surface area contributed by atoms with Crippen LogP contribution in [0.1, 0.15) is 30.1 Å².